The smallest absolute Gasteiger partial charge is 0.252 e. The van der Waals surface area contributed by atoms with E-state index in [-0.39, 0.29) is 5.56 Å². The molecule has 2 saturated heterocycles. The molecule has 1 aromatic rings. The minimum absolute atomic E-state index is 0.102. The van der Waals surface area contributed by atoms with Crippen LogP contribution in [0.4, 0.5) is 5.82 Å². The maximum Gasteiger partial charge on any atom is 0.252 e. The van der Waals surface area contributed by atoms with Gasteiger partial charge in [-0.15, -0.1) is 0 Å². The van der Waals surface area contributed by atoms with Crippen molar-refractivity contribution < 1.29 is 0 Å². The second-order valence-electron chi connectivity index (χ2n) is 4.75. The van der Waals surface area contributed by atoms with Crippen molar-refractivity contribution in [3.05, 3.63) is 22.7 Å². The van der Waals surface area contributed by atoms with Crippen molar-refractivity contribution in [1.82, 2.24) is 15.3 Å². The van der Waals surface area contributed by atoms with E-state index in [2.05, 4.69) is 20.6 Å². The third-order valence-corrected chi connectivity index (χ3v) is 3.50. The quantitative estimate of drug-likeness (QED) is 0.677. The summed E-state index contributed by atoms with van der Waals surface area (Å²) in [6.45, 7) is 0. The number of anilines is 1. The Balaban J connectivity index is 1.69. The zero-order valence-electron chi connectivity index (χ0n) is 9.07. The molecule has 0 radical (unpaired) electrons. The van der Waals surface area contributed by atoms with E-state index in [1.54, 1.807) is 0 Å². The highest BCUT2D eigenvalue weighted by atomic mass is 16.1. The predicted octanol–water partition coefficient (Wildman–Crippen LogP) is 0.465. The van der Waals surface area contributed by atoms with E-state index in [1.807, 2.05) is 0 Å². The third-order valence-electron chi connectivity index (χ3n) is 3.50. The van der Waals surface area contributed by atoms with E-state index in [4.69, 9.17) is 0 Å². The van der Waals surface area contributed by atoms with Crippen molar-refractivity contribution >= 4 is 5.82 Å². The van der Waals surface area contributed by atoms with Crippen LogP contribution in [-0.4, -0.2) is 28.1 Å². The Labute approximate surface area is 93.7 Å². The SMILES string of the molecule is O=c1cc(NC2CC3CCC(C2)N3)nc[nH]1. The summed E-state index contributed by atoms with van der Waals surface area (Å²) in [5.41, 5.74) is -0.102. The molecule has 0 amide bonds. The number of piperidine rings is 1. The highest BCUT2D eigenvalue weighted by molar-refractivity contribution is 5.33. The van der Waals surface area contributed by atoms with Crippen LogP contribution in [0.25, 0.3) is 0 Å². The van der Waals surface area contributed by atoms with Crippen LogP contribution in [0.5, 0.6) is 0 Å². The Morgan fingerprint density at radius 1 is 1.31 bits per heavy atom. The van der Waals surface area contributed by atoms with Crippen LogP contribution >= 0.6 is 0 Å². The van der Waals surface area contributed by atoms with Gasteiger partial charge in [0.15, 0.2) is 0 Å². The minimum atomic E-state index is -0.102. The lowest BCUT2D eigenvalue weighted by Gasteiger charge is -2.29. The zero-order valence-corrected chi connectivity index (χ0v) is 9.07. The summed E-state index contributed by atoms with van der Waals surface area (Å²) >= 11 is 0. The average molecular weight is 220 g/mol. The number of nitrogens with zero attached hydrogens (tertiary/aromatic N) is 1. The summed E-state index contributed by atoms with van der Waals surface area (Å²) in [6, 6.07) is 3.27. The van der Waals surface area contributed by atoms with Gasteiger partial charge in [-0.25, -0.2) is 4.98 Å². The highest BCUT2D eigenvalue weighted by Crippen LogP contribution is 2.28. The Bertz CT molecular complexity index is 418. The van der Waals surface area contributed by atoms with Crippen molar-refractivity contribution in [2.75, 3.05) is 5.32 Å². The van der Waals surface area contributed by atoms with Gasteiger partial charge in [0.2, 0.25) is 0 Å². The molecule has 0 aromatic carbocycles. The molecule has 0 aliphatic carbocycles. The molecular weight excluding hydrogens is 204 g/mol. The first-order valence-electron chi connectivity index (χ1n) is 5.87. The van der Waals surface area contributed by atoms with Gasteiger partial charge in [0.25, 0.3) is 5.56 Å². The van der Waals surface area contributed by atoms with Crippen molar-refractivity contribution in [2.45, 2.75) is 43.8 Å². The molecule has 2 aliphatic heterocycles. The predicted molar refractivity (Wildman–Crippen MR) is 61.4 cm³/mol. The number of nitrogens with one attached hydrogen (secondary N) is 3. The number of fused-ring (bicyclic) bond motifs is 2. The van der Waals surface area contributed by atoms with Gasteiger partial charge in [0, 0.05) is 24.2 Å². The molecule has 3 rings (SSSR count). The largest absolute Gasteiger partial charge is 0.367 e. The lowest BCUT2D eigenvalue weighted by molar-refractivity contribution is 0.377. The summed E-state index contributed by atoms with van der Waals surface area (Å²) in [4.78, 5) is 17.8. The van der Waals surface area contributed by atoms with E-state index < -0.39 is 0 Å². The van der Waals surface area contributed by atoms with E-state index >= 15 is 0 Å². The number of aromatic nitrogens is 2. The second-order valence-corrected chi connectivity index (χ2v) is 4.75. The molecule has 1 aromatic heterocycles. The average Bonchev–Trinajstić information content (AvgIpc) is 2.58. The fourth-order valence-electron chi connectivity index (χ4n) is 2.83. The monoisotopic (exact) mass is 220 g/mol. The molecule has 2 bridgehead atoms. The molecule has 5 nitrogen and oxygen atoms in total. The maximum atomic E-state index is 11.1. The zero-order chi connectivity index (χ0) is 11.0. The van der Waals surface area contributed by atoms with E-state index in [0.29, 0.717) is 23.9 Å². The standard InChI is InChI=1S/C11H16N4O/c16-11-5-10(12-6-13-11)15-9-3-7-1-2-8(4-9)14-7/h5-9,14H,1-4H2,(H2,12,13,15,16). The molecule has 0 spiro atoms. The topological polar surface area (TPSA) is 69.8 Å². The summed E-state index contributed by atoms with van der Waals surface area (Å²) in [6.07, 6.45) is 6.27. The van der Waals surface area contributed by atoms with Crippen molar-refractivity contribution in [2.24, 2.45) is 0 Å². The molecule has 86 valence electrons. The molecule has 16 heavy (non-hydrogen) atoms. The molecular formula is C11H16N4O. The second kappa shape index (κ2) is 3.90. The summed E-state index contributed by atoms with van der Waals surface area (Å²) < 4.78 is 0. The van der Waals surface area contributed by atoms with Crippen LogP contribution in [0.3, 0.4) is 0 Å². The van der Waals surface area contributed by atoms with Gasteiger partial charge in [-0.2, -0.15) is 0 Å². The van der Waals surface area contributed by atoms with Crippen molar-refractivity contribution in [1.29, 1.82) is 0 Å². The Kier molecular flexibility index (Phi) is 2.40. The lowest BCUT2D eigenvalue weighted by Crippen LogP contribution is -2.43. The third kappa shape index (κ3) is 1.95. The summed E-state index contributed by atoms with van der Waals surface area (Å²) in [5.74, 6) is 0.690. The number of hydrogen-bond acceptors (Lipinski definition) is 4. The van der Waals surface area contributed by atoms with Gasteiger partial charge in [-0.05, 0) is 25.7 Å². The summed E-state index contributed by atoms with van der Waals surface area (Å²) in [7, 11) is 0. The van der Waals surface area contributed by atoms with Gasteiger partial charge < -0.3 is 15.6 Å². The Hall–Kier alpha value is -1.36. The minimum Gasteiger partial charge on any atom is -0.367 e. The molecule has 5 heteroatoms. The molecule has 2 aliphatic rings. The number of H-pyrrole nitrogens is 1. The first-order valence-corrected chi connectivity index (χ1v) is 5.87. The lowest BCUT2D eigenvalue weighted by atomic mass is 10.00. The number of rotatable bonds is 2. The number of aromatic amines is 1. The first kappa shape index (κ1) is 9.84. The van der Waals surface area contributed by atoms with E-state index in [1.165, 1.54) is 25.2 Å². The molecule has 2 atom stereocenters. The Morgan fingerprint density at radius 3 is 2.75 bits per heavy atom. The maximum absolute atomic E-state index is 11.1. The molecule has 3 heterocycles. The van der Waals surface area contributed by atoms with Gasteiger partial charge in [0.1, 0.15) is 5.82 Å². The fraction of sp³-hybridized carbons (Fsp3) is 0.636. The van der Waals surface area contributed by atoms with Crippen molar-refractivity contribution in [3.8, 4) is 0 Å². The summed E-state index contributed by atoms with van der Waals surface area (Å²) in [5, 5.41) is 6.94. The fourth-order valence-corrected chi connectivity index (χ4v) is 2.83. The van der Waals surface area contributed by atoms with Crippen LogP contribution in [0, 0.1) is 0 Å². The van der Waals surface area contributed by atoms with Gasteiger partial charge >= 0.3 is 0 Å². The van der Waals surface area contributed by atoms with Crippen LogP contribution < -0.4 is 16.2 Å². The Morgan fingerprint density at radius 2 is 2.06 bits per heavy atom. The van der Waals surface area contributed by atoms with E-state index in [9.17, 15) is 4.79 Å². The van der Waals surface area contributed by atoms with Crippen LogP contribution in [0.15, 0.2) is 17.2 Å². The normalized spacial score (nSPS) is 32.6. The van der Waals surface area contributed by atoms with Crippen LogP contribution in [0.2, 0.25) is 0 Å². The molecule has 2 unspecified atom stereocenters. The first-order chi connectivity index (χ1) is 7.79. The van der Waals surface area contributed by atoms with Gasteiger partial charge in [-0.1, -0.05) is 0 Å². The highest BCUT2D eigenvalue weighted by Gasteiger charge is 2.33. The molecule has 0 saturated carbocycles. The van der Waals surface area contributed by atoms with Gasteiger partial charge in [0.05, 0.1) is 6.33 Å². The van der Waals surface area contributed by atoms with E-state index in [0.717, 1.165) is 12.8 Å². The van der Waals surface area contributed by atoms with Gasteiger partial charge in [-0.3, -0.25) is 4.79 Å². The molecule has 3 N–H and O–H groups in total. The molecule has 2 fully saturated rings. The number of hydrogen-bond donors (Lipinski definition) is 3. The van der Waals surface area contributed by atoms with Crippen LogP contribution in [-0.2, 0) is 0 Å². The van der Waals surface area contributed by atoms with Crippen molar-refractivity contribution in [3.63, 3.8) is 0 Å². The van der Waals surface area contributed by atoms with Crippen LogP contribution in [0.1, 0.15) is 25.7 Å².